The van der Waals surface area contributed by atoms with E-state index < -0.39 is 8.25 Å². The molecule has 5 nitrogen and oxygen atoms in total. The van der Waals surface area contributed by atoms with Crippen molar-refractivity contribution in [3.63, 3.8) is 0 Å². The Hall–Kier alpha value is -0.520. The lowest BCUT2D eigenvalue weighted by Crippen LogP contribution is -2.15. The van der Waals surface area contributed by atoms with E-state index in [0.717, 1.165) is 0 Å². The standard InChI is InChI=1S/C8H9ClO5PS/c1-12-15(11)14-3-6(10)2-13-8-5-16-4-7(8)9/h4-5H,2-3H2,1H3/q+1. The Balaban J connectivity index is 2.25. The Morgan fingerprint density at radius 3 is 2.81 bits per heavy atom. The fourth-order valence-electron chi connectivity index (χ4n) is 0.750. The van der Waals surface area contributed by atoms with E-state index in [-0.39, 0.29) is 19.0 Å². The van der Waals surface area contributed by atoms with Crippen LogP contribution in [0, 0.1) is 0 Å². The maximum atomic E-state index is 11.2. The van der Waals surface area contributed by atoms with Crippen molar-refractivity contribution in [2.24, 2.45) is 0 Å². The van der Waals surface area contributed by atoms with Gasteiger partial charge < -0.3 is 4.74 Å². The summed E-state index contributed by atoms with van der Waals surface area (Å²) >= 11 is 7.12. The van der Waals surface area contributed by atoms with E-state index >= 15 is 0 Å². The topological polar surface area (TPSA) is 61.8 Å². The number of carbonyl (C=O) groups excluding carboxylic acids is 1. The van der Waals surface area contributed by atoms with Crippen LogP contribution in [-0.4, -0.2) is 26.1 Å². The number of Topliss-reactive ketones (excluding diaryl/α,β-unsaturated/α-hetero) is 1. The Bertz CT molecular complexity index is 380. The number of ketones is 1. The highest BCUT2D eigenvalue weighted by Crippen LogP contribution is 2.28. The summed E-state index contributed by atoms with van der Waals surface area (Å²) in [7, 11) is -0.996. The second-order valence-corrected chi connectivity index (χ2v) is 4.81. The molecule has 1 unspecified atom stereocenters. The van der Waals surface area contributed by atoms with Gasteiger partial charge in [0.2, 0.25) is 5.78 Å². The fraction of sp³-hybridized carbons (Fsp3) is 0.375. The highest BCUT2D eigenvalue weighted by atomic mass is 35.5. The molecule has 1 aromatic heterocycles. The van der Waals surface area contributed by atoms with Crippen molar-refractivity contribution in [1.82, 2.24) is 0 Å². The Morgan fingerprint density at radius 1 is 1.50 bits per heavy atom. The van der Waals surface area contributed by atoms with E-state index in [0.29, 0.717) is 10.8 Å². The molecule has 0 fully saturated rings. The molecule has 0 saturated carbocycles. The summed E-state index contributed by atoms with van der Waals surface area (Å²) in [6.45, 7) is -0.492. The predicted octanol–water partition coefficient (Wildman–Crippen LogP) is 2.67. The quantitative estimate of drug-likeness (QED) is 0.720. The molecule has 0 N–H and O–H groups in total. The van der Waals surface area contributed by atoms with Crippen LogP contribution in [0.5, 0.6) is 5.75 Å². The van der Waals surface area contributed by atoms with Crippen LogP contribution < -0.4 is 4.74 Å². The van der Waals surface area contributed by atoms with Gasteiger partial charge in [-0.15, -0.1) is 20.4 Å². The summed E-state index contributed by atoms with van der Waals surface area (Å²) in [4.78, 5) is 11.2. The number of hydrogen-bond donors (Lipinski definition) is 0. The first-order valence-corrected chi connectivity index (χ1v) is 6.55. The molecule has 0 spiro atoms. The second-order valence-electron chi connectivity index (χ2n) is 2.59. The molecule has 0 aromatic carbocycles. The molecule has 1 heterocycles. The number of carbonyl (C=O) groups is 1. The van der Waals surface area contributed by atoms with Crippen molar-refractivity contribution >= 4 is 37.0 Å². The monoisotopic (exact) mass is 283 g/mol. The lowest BCUT2D eigenvalue weighted by atomic mass is 10.4. The van der Waals surface area contributed by atoms with Crippen LogP contribution in [0.25, 0.3) is 0 Å². The molecule has 88 valence electrons. The molecule has 0 radical (unpaired) electrons. The molecule has 0 aliphatic carbocycles. The highest BCUT2D eigenvalue weighted by molar-refractivity contribution is 7.33. The third-order valence-corrected chi connectivity index (χ3v) is 3.24. The molecule has 1 atom stereocenters. The van der Waals surface area contributed by atoms with E-state index in [1.807, 2.05) is 0 Å². The van der Waals surface area contributed by atoms with Crippen molar-refractivity contribution in [2.75, 3.05) is 20.3 Å². The molecule has 1 rings (SSSR count). The zero-order valence-electron chi connectivity index (χ0n) is 8.34. The zero-order chi connectivity index (χ0) is 12.0. The summed E-state index contributed by atoms with van der Waals surface area (Å²) in [5.41, 5.74) is 0. The minimum Gasteiger partial charge on any atom is -0.483 e. The number of halogens is 1. The van der Waals surface area contributed by atoms with Gasteiger partial charge in [-0.25, -0.2) is 0 Å². The van der Waals surface area contributed by atoms with E-state index in [4.69, 9.17) is 16.3 Å². The van der Waals surface area contributed by atoms with Gasteiger partial charge in [0.1, 0.15) is 12.4 Å². The third kappa shape index (κ3) is 4.55. The van der Waals surface area contributed by atoms with Crippen molar-refractivity contribution in [3.8, 4) is 5.75 Å². The van der Waals surface area contributed by atoms with Gasteiger partial charge in [0.15, 0.2) is 6.61 Å². The predicted molar refractivity (Wildman–Crippen MR) is 60.4 cm³/mol. The van der Waals surface area contributed by atoms with Gasteiger partial charge >= 0.3 is 8.25 Å². The van der Waals surface area contributed by atoms with Gasteiger partial charge in [0.25, 0.3) is 0 Å². The molecule has 0 aliphatic rings. The Kier molecular flexibility index (Phi) is 5.87. The van der Waals surface area contributed by atoms with Gasteiger partial charge in [-0.2, -0.15) is 0 Å². The molecule has 8 heteroatoms. The smallest absolute Gasteiger partial charge is 0.483 e. The zero-order valence-corrected chi connectivity index (χ0v) is 10.8. The number of rotatable bonds is 7. The molecule has 0 bridgehead atoms. The van der Waals surface area contributed by atoms with E-state index in [1.165, 1.54) is 18.4 Å². The summed E-state index contributed by atoms with van der Waals surface area (Å²) in [5.74, 6) is 0.110. The van der Waals surface area contributed by atoms with Gasteiger partial charge in [-0.1, -0.05) is 11.6 Å². The Labute approximate surface area is 102 Å². The van der Waals surface area contributed by atoms with Crippen LogP contribution in [0.4, 0.5) is 0 Å². The molecule has 1 aromatic rings. The maximum Gasteiger partial charge on any atom is 0.697 e. The molecule has 0 saturated heterocycles. The maximum absolute atomic E-state index is 11.2. The largest absolute Gasteiger partial charge is 0.697 e. The minimum atomic E-state index is -2.22. The summed E-state index contributed by atoms with van der Waals surface area (Å²) < 4.78 is 24.7. The second kappa shape index (κ2) is 6.93. The summed E-state index contributed by atoms with van der Waals surface area (Å²) in [5, 5.41) is 3.84. The average molecular weight is 284 g/mol. The van der Waals surface area contributed by atoms with Crippen LogP contribution in [0.3, 0.4) is 0 Å². The summed E-state index contributed by atoms with van der Waals surface area (Å²) in [6, 6.07) is 0. The van der Waals surface area contributed by atoms with Crippen molar-refractivity contribution in [3.05, 3.63) is 15.8 Å². The van der Waals surface area contributed by atoms with Crippen LogP contribution >= 0.6 is 31.2 Å². The highest BCUT2D eigenvalue weighted by Gasteiger charge is 2.19. The molecule has 0 aliphatic heterocycles. The molecular formula is C8H9ClO5PS+. The minimum absolute atomic E-state index is 0.177. The van der Waals surface area contributed by atoms with Gasteiger partial charge in [-0.05, 0) is 0 Å². The van der Waals surface area contributed by atoms with Crippen molar-refractivity contribution < 1.29 is 23.1 Å². The van der Waals surface area contributed by atoms with Gasteiger partial charge in [-0.3, -0.25) is 4.79 Å². The lowest BCUT2D eigenvalue weighted by molar-refractivity contribution is -0.123. The van der Waals surface area contributed by atoms with E-state index in [1.54, 1.807) is 10.8 Å². The van der Waals surface area contributed by atoms with Crippen LogP contribution in [-0.2, 0) is 18.4 Å². The van der Waals surface area contributed by atoms with Gasteiger partial charge in [0, 0.05) is 15.3 Å². The van der Waals surface area contributed by atoms with Crippen LogP contribution in [0.1, 0.15) is 0 Å². The van der Waals surface area contributed by atoms with Gasteiger partial charge in [0.05, 0.1) is 12.1 Å². The summed E-state index contributed by atoms with van der Waals surface area (Å²) in [6.07, 6.45) is 0. The number of hydrogen-bond acceptors (Lipinski definition) is 6. The molecule has 16 heavy (non-hydrogen) atoms. The van der Waals surface area contributed by atoms with Crippen molar-refractivity contribution in [2.45, 2.75) is 0 Å². The first kappa shape index (κ1) is 13.5. The number of ether oxygens (including phenoxy) is 1. The third-order valence-electron chi connectivity index (χ3n) is 1.45. The fourth-order valence-corrected chi connectivity index (χ4v) is 2.06. The van der Waals surface area contributed by atoms with Crippen LogP contribution in [0.15, 0.2) is 10.8 Å². The van der Waals surface area contributed by atoms with Crippen LogP contribution in [0.2, 0.25) is 5.02 Å². The number of thiophene rings is 1. The lowest BCUT2D eigenvalue weighted by Gasteiger charge is -2.01. The normalized spacial score (nSPS) is 11.2. The SMILES string of the molecule is CO[P+](=O)OCC(=O)COc1cscc1Cl. The van der Waals surface area contributed by atoms with Crippen molar-refractivity contribution in [1.29, 1.82) is 0 Å². The molecular weight excluding hydrogens is 275 g/mol. The molecule has 0 amide bonds. The first-order chi connectivity index (χ1) is 7.63. The van der Waals surface area contributed by atoms with E-state index in [2.05, 4.69) is 9.05 Å². The average Bonchev–Trinajstić information content (AvgIpc) is 2.69. The Morgan fingerprint density at radius 2 is 2.25 bits per heavy atom. The first-order valence-electron chi connectivity index (χ1n) is 4.14. The van der Waals surface area contributed by atoms with E-state index in [9.17, 15) is 9.36 Å².